The Bertz CT molecular complexity index is 1220. The summed E-state index contributed by atoms with van der Waals surface area (Å²) >= 11 is 0. The smallest absolute Gasteiger partial charge is 0.490 e. The van der Waals surface area contributed by atoms with Gasteiger partial charge in [-0.2, -0.15) is 24.0 Å². The number of quaternary nitrogens is 1. The molecule has 5 N–H and O–H groups in total. The number of alkyl halides is 3. The summed E-state index contributed by atoms with van der Waals surface area (Å²) < 4.78 is 47.6. The maximum atomic E-state index is 13.1. The van der Waals surface area contributed by atoms with Gasteiger partial charge in [0.05, 0.1) is 34.3 Å². The monoisotopic (exact) mass is 628 g/mol. The van der Waals surface area contributed by atoms with Gasteiger partial charge in [-0.15, -0.1) is 0 Å². The van der Waals surface area contributed by atoms with Crippen LogP contribution in [0.5, 0.6) is 17.2 Å². The van der Waals surface area contributed by atoms with E-state index in [9.17, 15) is 27.9 Å². The predicted molar refractivity (Wildman–Crippen MR) is 154 cm³/mol. The van der Waals surface area contributed by atoms with E-state index in [1.54, 1.807) is 56.7 Å². The number of nitrogens with zero attached hydrogens (tertiary/aromatic N) is 1. The molecule has 2 aromatic rings. The summed E-state index contributed by atoms with van der Waals surface area (Å²) in [6.45, 7) is 2.32. The zero-order chi connectivity index (χ0) is 32.9. The van der Waals surface area contributed by atoms with Gasteiger partial charge in [-0.1, -0.05) is 0 Å². The number of aliphatic hydroxyl groups is 1. The van der Waals surface area contributed by atoms with Gasteiger partial charge in [0.15, 0.2) is 11.8 Å². The Morgan fingerprint density at radius 2 is 1.48 bits per heavy atom. The van der Waals surface area contributed by atoms with Crippen molar-refractivity contribution in [1.82, 2.24) is 4.90 Å². The van der Waals surface area contributed by atoms with Crippen molar-refractivity contribution in [2.45, 2.75) is 56.8 Å². The first-order valence-electron chi connectivity index (χ1n) is 14.1. The number of ether oxygens (including phenoxy) is 3. The third-order valence-corrected chi connectivity index (χ3v) is 7.23. The van der Waals surface area contributed by atoms with Crippen LogP contribution in [0.4, 0.5) is 13.2 Å². The predicted octanol–water partition coefficient (Wildman–Crippen LogP) is 2.57. The number of carbonyl (C=O) groups excluding carboxylic acids is 2. The van der Waals surface area contributed by atoms with Crippen molar-refractivity contribution in [3.05, 3.63) is 53.6 Å². The SMILES string of the molecule is COc1ccc(C(=O)CCCCC(=O)[NH+](N)[C@H](CN2CCCC2)[C@H](O)c2ccc(OC)cc2OC)cc1.O=C(O)C(F)(F)F. The molecule has 3 atom stereocenters. The van der Waals surface area contributed by atoms with Crippen LogP contribution in [0.25, 0.3) is 0 Å². The second kappa shape index (κ2) is 17.5. The fraction of sp³-hybridized carbons (Fsp3) is 0.500. The first-order valence-corrected chi connectivity index (χ1v) is 14.1. The quantitative estimate of drug-likeness (QED) is 0.0808. The van der Waals surface area contributed by atoms with E-state index in [2.05, 4.69) is 4.90 Å². The number of amides is 1. The summed E-state index contributed by atoms with van der Waals surface area (Å²) in [6, 6.07) is 11.7. The average molecular weight is 629 g/mol. The van der Waals surface area contributed by atoms with E-state index in [-0.39, 0.29) is 23.1 Å². The average Bonchev–Trinajstić information content (AvgIpc) is 3.54. The molecule has 11 nitrogen and oxygen atoms in total. The lowest BCUT2D eigenvalue weighted by molar-refractivity contribution is -0.866. The van der Waals surface area contributed by atoms with E-state index in [0.717, 1.165) is 25.9 Å². The summed E-state index contributed by atoms with van der Waals surface area (Å²) in [5, 5.41) is 18.7. The number of unbranched alkanes of at least 4 members (excludes halogenated alkanes) is 1. The molecule has 1 fully saturated rings. The second-order valence-electron chi connectivity index (χ2n) is 10.2. The molecule has 1 amide bonds. The molecule has 0 radical (unpaired) electrons. The number of aliphatic hydroxyl groups excluding tert-OH is 1. The number of Topliss-reactive ketones (excluding diaryl/α,β-unsaturated/α-hetero) is 1. The molecule has 0 saturated carbocycles. The van der Waals surface area contributed by atoms with E-state index in [1.165, 1.54) is 7.11 Å². The number of nitrogens with two attached hydrogens (primary N) is 1. The minimum atomic E-state index is -5.08. The highest BCUT2D eigenvalue weighted by Crippen LogP contribution is 2.31. The lowest BCUT2D eigenvalue weighted by atomic mass is 9.99. The van der Waals surface area contributed by atoms with Gasteiger partial charge in [0, 0.05) is 23.6 Å². The van der Waals surface area contributed by atoms with Crippen LogP contribution in [0.3, 0.4) is 0 Å². The Labute approximate surface area is 254 Å². The molecule has 14 heteroatoms. The molecular weight excluding hydrogens is 587 g/mol. The van der Waals surface area contributed by atoms with Crippen molar-refractivity contribution in [3.63, 3.8) is 0 Å². The van der Waals surface area contributed by atoms with E-state index >= 15 is 0 Å². The number of rotatable bonds is 14. The minimum Gasteiger partial charge on any atom is -0.497 e. The minimum absolute atomic E-state index is 0.0287. The standard InChI is InChI=1S/C28H39N3O6.C2HF3O2/c1-35-21-12-10-20(11-13-21)25(32)8-4-5-9-27(33)31(29)24(19-30-16-6-7-17-30)28(34)23-15-14-22(36-2)18-26(23)37-3;3-2(4,5)1(6)7/h10-15,18,24,28,34H,4-9,16-17,19,29H2,1-3H3;(H,6,7)/p+1/t24-,28-;/m1./s1. The third-order valence-electron chi connectivity index (χ3n) is 7.23. The topological polar surface area (TPSA) is 153 Å². The number of carbonyl (C=O) groups is 3. The number of carboxylic acids is 1. The molecular formula is C30H41F3N3O8+. The van der Waals surface area contributed by atoms with Gasteiger partial charge in [-0.05, 0) is 75.2 Å². The zero-order valence-corrected chi connectivity index (χ0v) is 25.1. The normalized spacial score (nSPS) is 15.4. The Kier molecular flexibility index (Phi) is 14.5. The van der Waals surface area contributed by atoms with Crippen LogP contribution < -0.4 is 25.1 Å². The molecule has 44 heavy (non-hydrogen) atoms. The number of benzene rings is 2. The first-order chi connectivity index (χ1) is 20.8. The largest absolute Gasteiger partial charge is 0.497 e. The molecule has 2 aromatic carbocycles. The van der Waals surface area contributed by atoms with Gasteiger partial charge in [0.2, 0.25) is 0 Å². The maximum absolute atomic E-state index is 13.1. The van der Waals surface area contributed by atoms with E-state index in [0.29, 0.717) is 54.2 Å². The molecule has 0 bridgehead atoms. The maximum Gasteiger partial charge on any atom is 0.490 e. The van der Waals surface area contributed by atoms with E-state index < -0.39 is 24.3 Å². The van der Waals surface area contributed by atoms with E-state index in [1.807, 2.05) is 0 Å². The highest BCUT2D eigenvalue weighted by Gasteiger charge is 2.38. The number of methoxy groups -OCH3 is 3. The molecule has 0 spiro atoms. The highest BCUT2D eigenvalue weighted by molar-refractivity contribution is 5.96. The highest BCUT2D eigenvalue weighted by atomic mass is 19.4. The molecule has 244 valence electrons. The van der Waals surface area contributed by atoms with Crippen LogP contribution >= 0.6 is 0 Å². The molecule has 1 saturated heterocycles. The van der Waals surface area contributed by atoms with Crippen molar-refractivity contribution in [3.8, 4) is 17.2 Å². The lowest BCUT2D eigenvalue weighted by Crippen LogP contribution is -3.24. The number of ketones is 1. The molecule has 0 aromatic heterocycles. The van der Waals surface area contributed by atoms with Gasteiger partial charge in [-0.3, -0.25) is 9.69 Å². The first kappa shape index (κ1) is 36.5. The number of halogens is 3. The Balaban J connectivity index is 0.000000860. The van der Waals surface area contributed by atoms with E-state index in [4.69, 9.17) is 30.0 Å². The zero-order valence-electron chi connectivity index (χ0n) is 25.1. The summed E-state index contributed by atoms with van der Waals surface area (Å²) in [6.07, 6.45) is -2.22. The fourth-order valence-corrected chi connectivity index (χ4v) is 4.73. The number of carboxylic acid groups (broad SMARTS) is 1. The number of hydrogen-bond donors (Lipinski definition) is 4. The lowest BCUT2D eigenvalue weighted by Gasteiger charge is -2.30. The third kappa shape index (κ3) is 11.1. The van der Waals surface area contributed by atoms with Crippen LogP contribution in [0.2, 0.25) is 0 Å². The summed E-state index contributed by atoms with van der Waals surface area (Å²) in [4.78, 5) is 36.7. The van der Waals surface area contributed by atoms with Gasteiger partial charge >= 0.3 is 18.1 Å². The Hall–Kier alpha value is -3.72. The van der Waals surface area contributed by atoms with Crippen molar-refractivity contribution in [2.24, 2.45) is 5.84 Å². The van der Waals surface area contributed by atoms with Crippen LogP contribution in [0, 0.1) is 0 Å². The molecule has 1 aliphatic rings. The summed E-state index contributed by atoms with van der Waals surface area (Å²) in [5.41, 5.74) is 1.19. The van der Waals surface area contributed by atoms with Gasteiger partial charge in [0.1, 0.15) is 23.4 Å². The second-order valence-corrected chi connectivity index (χ2v) is 10.2. The van der Waals surface area contributed by atoms with Crippen molar-refractivity contribution >= 4 is 17.7 Å². The fourth-order valence-electron chi connectivity index (χ4n) is 4.73. The molecule has 3 rings (SSSR count). The van der Waals surface area contributed by atoms with Gasteiger partial charge in [0.25, 0.3) is 0 Å². The number of aliphatic carboxylic acids is 1. The molecule has 1 unspecified atom stereocenters. The molecule has 1 heterocycles. The van der Waals surface area contributed by atoms with Gasteiger partial charge < -0.3 is 24.4 Å². The van der Waals surface area contributed by atoms with Crippen LogP contribution in [0.1, 0.15) is 60.6 Å². The molecule has 0 aliphatic carbocycles. The summed E-state index contributed by atoms with van der Waals surface area (Å²) in [7, 11) is 4.68. The van der Waals surface area contributed by atoms with Crippen molar-refractivity contribution < 1.29 is 57.0 Å². The van der Waals surface area contributed by atoms with Crippen LogP contribution in [0.15, 0.2) is 42.5 Å². The molecule has 1 aliphatic heterocycles. The number of hydrogen-bond acceptors (Lipinski definition) is 9. The summed E-state index contributed by atoms with van der Waals surface area (Å²) in [5.74, 6) is 5.30. The number of likely N-dealkylation sites (tertiary alicyclic amines) is 1. The van der Waals surface area contributed by atoms with Crippen LogP contribution in [-0.4, -0.2) is 86.0 Å². The number of nitrogens with one attached hydrogen (secondary N) is 1. The Morgan fingerprint density at radius 1 is 0.932 bits per heavy atom. The van der Waals surface area contributed by atoms with Gasteiger partial charge in [-0.25, -0.2) is 9.59 Å². The van der Waals surface area contributed by atoms with Crippen LogP contribution in [-0.2, 0) is 9.59 Å². The Morgan fingerprint density at radius 3 is 2.00 bits per heavy atom. The van der Waals surface area contributed by atoms with Crippen molar-refractivity contribution in [2.75, 3.05) is 41.0 Å². The van der Waals surface area contributed by atoms with Crippen molar-refractivity contribution in [1.29, 1.82) is 0 Å².